The molecule has 1 saturated heterocycles. The molecule has 5 heteroatoms. The third-order valence-electron chi connectivity index (χ3n) is 2.50. The van der Waals surface area contributed by atoms with Gasteiger partial charge in [0.15, 0.2) is 0 Å². The average Bonchev–Trinajstić information content (AvgIpc) is 2.25. The minimum atomic E-state index is -0.759. The highest BCUT2D eigenvalue weighted by Crippen LogP contribution is 2.08. The van der Waals surface area contributed by atoms with Gasteiger partial charge in [-0.1, -0.05) is 17.7 Å². The Kier molecular flexibility index (Phi) is 5.30. The first-order valence-electron chi connectivity index (χ1n) is 6.01. The lowest BCUT2D eigenvalue weighted by Crippen LogP contribution is -2.51. The molecule has 0 aromatic rings. The minimum absolute atomic E-state index is 0.0248. The largest absolute Gasteiger partial charge is 0.328 e. The summed E-state index contributed by atoms with van der Waals surface area (Å²) in [5.41, 5.74) is 1.31. The zero-order valence-electron chi connectivity index (χ0n) is 10.7. The number of imide groups is 2. The zero-order chi connectivity index (χ0) is 13.5. The third-order valence-corrected chi connectivity index (χ3v) is 2.50. The van der Waals surface area contributed by atoms with Crippen LogP contribution in [0.15, 0.2) is 23.3 Å². The van der Waals surface area contributed by atoms with E-state index in [1.54, 1.807) is 6.08 Å². The Hall–Kier alpha value is -1.91. The van der Waals surface area contributed by atoms with Crippen molar-refractivity contribution in [2.45, 2.75) is 39.5 Å². The van der Waals surface area contributed by atoms with Gasteiger partial charge in [0.05, 0.1) is 0 Å². The van der Waals surface area contributed by atoms with E-state index in [9.17, 15) is 14.4 Å². The van der Waals surface area contributed by atoms with Crippen LogP contribution < -0.4 is 10.6 Å². The van der Waals surface area contributed by atoms with E-state index in [-0.39, 0.29) is 5.57 Å². The summed E-state index contributed by atoms with van der Waals surface area (Å²) in [6.45, 7) is 4.10. The number of hydrogen-bond acceptors (Lipinski definition) is 3. The Balaban J connectivity index is 2.38. The van der Waals surface area contributed by atoms with E-state index in [4.69, 9.17) is 0 Å². The molecule has 98 valence electrons. The van der Waals surface area contributed by atoms with Crippen LogP contribution >= 0.6 is 0 Å². The first kappa shape index (κ1) is 14.2. The van der Waals surface area contributed by atoms with Gasteiger partial charge >= 0.3 is 6.03 Å². The second-order valence-electron chi connectivity index (χ2n) is 4.42. The fraction of sp³-hybridized carbons (Fsp3) is 0.462. The molecule has 0 spiro atoms. The molecule has 0 radical (unpaired) electrons. The molecule has 1 fully saturated rings. The second kappa shape index (κ2) is 6.74. The van der Waals surface area contributed by atoms with E-state index >= 15 is 0 Å². The topological polar surface area (TPSA) is 75.3 Å². The number of rotatable bonds is 5. The molecule has 0 bridgehead atoms. The quantitative estimate of drug-likeness (QED) is 0.338. The molecule has 0 atom stereocenters. The molecule has 0 unspecified atom stereocenters. The molecular formula is C13H18N2O3. The van der Waals surface area contributed by atoms with Crippen molar-refractivity contribution >= 4 is 17.8 Å². The van der Waals surface area contributed by atoms with E-state index in [1.807, 2.05) is 10.6 Å². The summed E-state index contributed by atoms with van der Waals surface area (Å²) in [5, 5.41) is 4.08. The monoisotopic (exact) mass is 250 g/mol. The SMILES string of the molecule is CC(C)=CCCCCC=C1C(=O)NC(=O)NC1=O. The molecule has 0 saturated carbocycles. The van der Waals surface area contributed by atoms with Crippen LogP contribution in [-0.2, 0) is 9.59 Å². The molecular weight excluding hydrogens is 232 g/mol. The molecule has 1 aliphatic rings. The van der Waals surface area contributed by atoms with E-state index in [0.717, 1.165) is 19.3 Å². The van der Waals surface area contributed by atoms with Crippen molar-refractivity contribution in [3.63, 3.8) is 0 Å². The van der Waals surface area contributed by atoms with Crippen molar-refractivity contribution in [2.75, 3.05) is 0 Å². The lowest BCUT2D eigenvalue weighted by atomic mass is 10.1. The van der Waals surface area contributed by atoms with E-state index in [0.29, 0.717) is 6.42 Å². The molecule has 0 aliphatic carbocycles. The molecule has 18 heavy (non-hydrogen) atoms. The summed E-state index contributed by atoms with van der Waals surface area (Å²) in [7, 11) is 0. The third kappa shape index (κ3) is 4.53. The highest BCUT2D eigenvalue weighted by molar-refractivity contribution is 6.28. The van der Waals surface area contributed by atoms with Crippen LogP contribution in [-0.4, -0.2) is 17.8 Å². The summed E-state index contributed by atoms with van der Waals surface area (Å²) in [6, 6.07) is -0.759. The number of hydrogen-bond donors (Lipinski definition) is 2. The smallest absolute Gasteiger partial charge is 0.273 e. The van der Waals surface area contributed by atoms with Crippen LogP contribution in [0, 0.1) is 0 Å². The highest BCUT2D eigenvalue weighted by Gasteiger charge is 2.26. The van der Waals surface area contributed by atoms with Gasteiger partial charge in [0.25, 0.3) is 11.8 Å². The van der Waals surface area contributed by atoms with Gasteiger partial charge in [-0.2, -0.15) is 0 Å². The highest BCUT2D eigenvalue weighted by atomic mass is 16.2. The average molecular weight is 250 g/mol. The van der Waals surface area contributed by atoms with Crippen molar-refractivity contribution in [3.8, 4) is 0 Å². The molecule has 1 rings (SSSR count). The fourth-order valence-electron chi connectivity index (χ4n) is 1.59. The molecule has 5 nitrogen and oxygen atoms in total. The van der Waals surface area contributed by atoms with Gasteiger partial charge in [-0.3, -0.25) is 20.2 Å². The van der Waals surface area contributed by atoms with E-state index in [1.165, 1.54) is 5.57 Å². The molecule has 0 aromatic carbocycles. The minimum Gasteiger partial charge on any atom is -0.273 e. The summed E-state index contributed by atoms with van der Waals surface area (Å²) in [4.78, 5) is 33.5. The lowest BCUT2D eigenvalue weighted by molar-refractivity contribution is -0.124. The van der Waals surface area contributed by atoms with Crippen LogP contribution in [0.1, 0.15) is 39.5 Å². The Morgan fingerprint density at radius 3 is 2.11 bits per heavy atom. The second-order valence-corrected chi connectivity index (χ2v) is 4.42. The first-order chi connectivity index (χ1) is 8.50. The maximum absolute atomic E-state index is 11.4. The van der Waals surface area contributed by atoms with Crippen LogP contribution in [0.3, 0.4) is 0 Å². The molecule has 2 N–H and O–H groups in total. The van der Waals surface area contributed by atoms with Gasteiger partial charge in [0.2, 0.25) is 0 Å². The number of amides is 4. The first-order valence-corrected chi connectivity index (χ1v) is 6.01. The van der Waals surface area contributed by atoms with Gasteiger partial charge in [0.1, 0.15) is 5.57 Å². The van der Waals surface area contributed by atoms with Gasteiger partial charge in [0, 0.05) is 0 Å². The normalized spacial score (nSPS) is 15.0. The van der Waals surface area contributed by atoms with Gasteiger partial charge < -0.3 is 0 Å². The van der Waals surface area contributed by atoms with Gasteiger partial charge in [-0.15, -0.1) is 0 Å². The Morgan fingerprint density at radius 1 is 1.00 bits per heavy atom. The number of urea groups is 1. The number of unbranched alkanes of at least 4 members (excludes halogenated alkanes) is 3. The summed E-state index contributed by atoms with van der Waals surface area (Å²) in [5.74, 6) is -1.24. The van der Waals surface area contributed by atoms with Crippen LogP contribution in [0.2, 0.25) is 0 Å². The lowest BCUT2D eigenvalue weighted by Gasteiger charge is -2.13. The van der Waals surface area contributed by atoms with Crippen LogP contribution in [0.4, 0.5) is 4.79 Å². The van der Waals surface area contributed by atoms with E-state index < -0.39 is 17.8 Å². The standard InChI is InChI=1S/C13H18N2O3/c1-9(2)7-5-3-4-6-8-10-11(16)14-13(18)15-12(10)17/h7-8H,3-6H2,1-2H3,(H2,14,15,16,17,18). The number of carbonyl (C=O) groups excluding carboxylic acids is 3. The van der Waals surface area contributed by atoms with Crippen molar-refractivity contribution in [1.29, 1.82) is 0 Å². The summed E-state index contributed by atoms with van der Waals surface area (Å²) >= 11 is 0. The number of allylic oxidation sites excluding steroid dienone is 3. The Labute approximate surface area is 106 Å². The fourth-order valence-corrected chi connectivity index (χ4v) is 1.59. The summed E-state index contributed by atoms with van der Waals surface area (Å²) in [6.07, 6.45) is 7.31. The molecule has 1 heterocycles. The van der Waals surface area contributed by atoms with Crippen LogP contribution in [0.25, 0.3) is 0 Å². The maximum Gasteiger partial charge on any atom is 0.328 e. The van der Waals surface area contributed by atoms with Gasteiger partial charge in [-0.05, 0) is 39.5 Å². The van der Waals surface area contributed by atoms with E-state index in [2.05, 4.69) is 19.9 Å². The molecule has 4 amide bonds. The molecule has 0 aromatic heterocycles. The number of nitrogens with one attached hydrogen (secondary N) is 2. The number of barbiturate groups is 1. The van der Waals surface area contributed by atoms with Crippen molar-refractivity contribution in [3.05, 3.63) is 23.3 Å². The maximum atomic E-state index is 11.4. The Morgan fingerprint density at radius 2 is 1.56 bits per heavy atom. The van der Waals surface area contributed by atoms with Gasteiger partial charge in [-0.25, -0.2) is 4.79 Å². The zero-order valence-corrected chi connectivity index (χ0v) is 10.7. The van der Waals surface area contributed by atoms with Crippen molar-refractivity contribution in [1.82, 2.24) is 10.6 Å². The van der Waals surface area contributed by atoms with Crippen molar-refractivity contribution < 1.29 is 14.4 Å². The number of carbonyl (C=O) groups is 3. The molecule has 1 aliphatic heterocycles. The summed E-state index contributed by atoms with van der Waals surface area (Å²) < 4.78 is 0. The Bertz CT molecular complexity index is 396. The predicted molar refractivity (Wildman–Crippen MR) is 67.7 cm³/mol. The van der Waals surface area contributed by atoms with Crippen molar-refractivity contribution in [2.24, 2.45) is 0 Å². The van der Waals surface area contributed by atoms with Crippen LogP contribution in [0.5, 0.6) is 0 Å². The predicted octanol–water partition coefficient (Wildman–Crippen LogP) is 1.81.